The maximum absolute atomic E-state index is 12.2. The second-order valence-corrected chi connectivity index (χ2v) is 7.09. The number of anilines is 1. The zero-order valence-electron chi connectivity index (χ0n) is 12.2. The fraction of sp³-hybridized carbons (Fsp3) is 0.429. The van der Waals surface area contributed by atoms with Crippen molar-refractivity contribution in [1.29, 1.82) is 0 Å². The van der Waals surface area contributed by atoms with Gasteiger partial charge in [-0.1, -0.05) is 11.6 Å². The second kappa shape index (κ2) is 6.10. The van der Waals surface area contributed by atoms with E-state index in [9.17, 15) is 4.79 Å². The van der Waals surface area contributed by atoms with Crippen LogP contribution in [0.25, 0.3) is 5.69 Å². The Hall–Kier alpha value is -1.64. The SMILES string of the molecule is O=C(Nc1ccc(Cl)c(-n2nnnc2C2CC2)c1)C1CSCN1. The molecule has 1 aliphatic carbocycles. The van der Waals surface area contributed by atoms with Gasteiger partial charge in [-0.25, -0.2) is 0 Å². The van der Waals surface area contributed by atoms with Crippen molar-refractivity contribution in [3.05, 3.63) is 29.0 Å². The Morgan fingerprint density at radius 3 is 3.04 bits per heavy atom. The Morgan fingerprint density at radius 1 is 1.43 bits per heavy atom. The van der Waals surface area contributed by atoms with Crippen molar-refractivity contribution >= 4 is 35.0 Å². The quantitative estimate of drug-likeness (QED) is 0.874. The smallest absolute Gasteiger partial charge is 0.242 e. The summed E-state index contributed by atoms with van der Waals surface area (Å²) in [6.45, 7) is 0. The minimum Gasteiger partial charge on any atom is -0.325 e. The molecule has 4 rings (SSSR count). The average molecular weight is 351 g/mol. The number of hydrogen-bond donors (Lipinski definition) is 2. The zero-order valence-corrected chi connectivity index (χ0v) is 13.8. The molecule has 120 valence electrons. The molecule has 7 nitrogen and oxygen atoms in total. The van der Waals surface area contributed by atoms with Crippen molar-refractivity contribution in [1.82, 2.24) is 25.5 Å². The molecule has 2 aromatic rings. The Kier molecular flexibility index (Phi) is 3.96. The van der Waals surface area contributed by atoms with E-state index < -0.39 is 0 Å². The van der Waals surface area contributed by atoms with E-state index >= 15 is 0 Å². The molecule has 1 amide bonds. The van der Waals surface area contributed by atoms with Gasteiger partial charge in [-0.2, -0.15) is 4.68 Å². The maximum atomic E-state index is 12.2. The van der Waals surface area contributed by atoms with Crippen LogP contribution >= 0.6 is 23.4 Å². The molecule has 1 saturated carbocycles. The lowest BCUT2D eigenvalue weighted by Gasteiger charge is -2.12. The van der Waals surface area contributed by atoms with E-state index in [1.807, 2.05) is 6.07 Å². The first kappa shape index (κ1) is 14.9. The van der Waals surface area contributed by atoms with E-state index in [1.54, 1.807) is 28.6 Å². The molecule has 9 heteroatoms. The number of nitrogens with zero attached hydrogens (tertiary/aromatic N) is 4. The Bertz CT molecular complexity index is 741. The van der Waals surface area contributed by atoms with Crippen molar-refractivity contribution < 1.29 is 4.79 Å². The molecule has 1 aromatic carbocycles. The van der Waals surface area contributed by atoms with Crippen LogP contribution in [-0.4, -0.2) is 43.8 Å². The van der Waals surface area contributed by atoms with Crippen LogP contribution in [0.5, 0.6) is 0 Å². The number of rotatable bonds is 4. The molecule has 2 heterocycles. The van der Waals surface area contributed by atoms with E-state index in [0.717, 1.165) is 30.3 Å². The summed E-state index contributed by atoms with van der Waals surface area (Å²) in [5.74, 6) is 2.77. The molecular formula is C14H15ClN6OS. The van der Waals surface area contributed by atoms with Gasteiger partial charge in [0, 0.05) is 23.2 Å². The van der Waals surface area contributed by atoms with E-state index in [-0.39, 0.29) is 11.9 Å². The molecule has 2 fully saturated rings. The molecule has 0 radical (unpaired) electrons. The summed E-state index contributed by atoms with van der Waals surface area (Å²) in [7, 11) is 0. The van der Waals surface area contributed by atoms with Gasteiger partial charge in [0.05, 0.1) is 16.8 Å². The lowest BCUT2D eigenvalue weighted by Crippen LogP contribution is -2.37. The highest BCUT2D eigenvalue weighted by atomic mass is 35.5. The standard InChI is InChI=1S/C14H15ClN6OS/c15-10-4-3-9(17-14(22)11-6-23-7-16-11)5-12(10)21-13(8-1-2-8)18-19-20-21/h3-5,8,11,16H,1-2,6-7H2,(H,17,22). The first-order chi connectivity index (χ1) is 11.2. The van der Waals surface area contributed by atoms with Gasteiger partial charge in [-0.15, -0.1) is 16.9 Å². The summed E-state index contributed by atoms with van der Waals surface area (Å²) >= 11 is 8.02. The van der Waals surface area contributed by atoms with Gasteiger partial charge >= 0.3 is 0 Å². The topological polar surface area (TPSA) is 84.7 Å². The summed E-state index contributed by atoms with van der Waals surface area (Å²) < 4.78 is 1.67. The number of benzene rings is 1. The highest BCUT2D eigenvalue weighted by Crippen LogP contribution is 2.40. The molecule has 1 unspecified atom stereocenters. The highest BCUT2D eigenvalue weighted by Gasteiger charge is 2.30. The number of thioether (sulfide) groups is 1. The molecule has 1 aromatic heterocycles. The summed E-state index contributed by atoms with van der Waals surface area (Å²) in [6.07, 6.45) is 2.19. The molecule has 0 bridgehead atoms. The number of amides is 1. The van der Waals surface area contributed by atoms with Crippen LogP contribution < -0.4 is 10.6 Å². The normalized spacial score (nSPS) is 20.7. The van der Waals surface area contributed by atoms with Gasteiger partial charge in [0.25, 0.3) is 0 Å². The van der Waals surface area contributed by atoms with Crippen LogP contribution in [0.15, 0.2) is 18.2 Å². The van der Waals surface area contributed by atoms with Crippen molar-refractivity contribution in [3.63, 3.8) is 0 Å². The third kappa shape index (κ3) is 3.06. The molecule has 0 spiro atoms. The highest BCUT2D eigenvalue weighted by molar-refractivity contribution is 7.99. The minimum absolute atomic E-state index is 0.0394. The summed E-state index contributed by atoms with van der Waals surface area (Å²) in [4.78, 5) is 12.2. The average Bonchev–Trinajstić information content (AvgIpc) is 3.04. The van der Waals surface area contributed by atoms with E-state index in [2.05, 4.69) is 26.2 Å². The number of tetrazole rings is 1. The first-order valence-corrected chi connectivity index (χ1v) is 8.96. The third-order valence-electron chi connectivity index (χ3n) is 3.91. The molecular weight excluding hydrogens is 336 g/mol. The van der Waals surface area contributed by atoms with Crippen LogP contribution in [0.2, 0.25) is 5.02 Å². The van der Waals surface area contributed by atoms with E-state index in [4.69, 9.17) is 11.6 Å². The maximum Gasteiger partial charge on any atom is 0.242 e. The summed E-state index contributed by atoms with van der Waals surface area (Å²) in [5, 5.41) is 18.5. The van der Waals surface area contributed by atoms with Gasteiger partial charge in [0.15, 0.2) is 5.82 Å². The lowest BCUT2D eigenvalue weighted by molar-refractivity contribution is -0.117. The lowest BCUT2D eigenvalue weighted by atomic mass is 10.2. The van der Waals surface area contributed by atoms with Gasteiger partial charge in [0.1, 0.15) is 0 Å². The molecule has 1 aliphatic heterocycles. The Balaban J connectivity index is 1.60. The van der Waals surface area contributed by atoms with Crippen molar-refractivity contribution in [3.8, 4) is 5.69 Å². The number of nitrogens with one attached hydrogen (secondary N) is 2. The predicted octanol–water partition coefficient (Wildman–Crippen LogP) is 1.79. The fourth-order valence-electron chi connectivity index (χ4n) is 2.51. The van der Waals surface area contributed by atoms with Crippen LogP contribution in [0.1, 0.15) is 24.6 Å². The Labute approximate surface area is 142 Å². The predicted molar refractivity (Wildman–Crippen MR) is 89.0 cm³/mol. The summed E-state index contributed by atoms with van der Waals surface area (Å²) in [6, 6.07) is 5.19. The van der Waals surface area contributed by atoms with Crippen molar-refractivity contribution in [2.75, 3.05) is 16.9 Å². The fourth-order valence-corrected chi connectivity index (χ4v) is 3.65. The van der Waals surface area contributed by atoms with Crippen molar-refractivity contribution in [2.45, 2.75) is 24.8 Å². The number of hydrogen-bond acceptors (Lipinski definition) is 6. The van der Waals surface area contributed by atoms with Crippen molar-refractivity contribution in [2.24, 2.45) is 0 Å². The van der Waals surface area contributed by atoms with Gasteiger partial charge in [-0.05, 0) is 41.5 Å². The van der Waals surface area contributed by atoms with Gasteiger partial charge in [0.2, 0.25) is 5.91 Å². The van der Waals surface area contributed by atoms with E-state index in [1.165, 1.54) is 0 Å². The molecule has 2 N–H and O–H groups in total. The van der Waals surface area contributed by atoms with Gasteiger partial charge in [-0.3, -0.25) is 10.1 Å². The minimum atomic E-state index is -0.158. The van der Waals surface area contributed by atoms with Crippen LogP contribution in [-0.2, 0) is 4.79 Å². The van der Waals surface area contributed by atoms with Crippen LogP contribution in [0.3, 0.4) is 0 Å². The summed E-state index contributed by atoms with van der Waals surface area (Å²) in [5.41, 5.74) is 1.37. The molecule has 1 saturated heterocycles. The molecule has 2 aliphatic rings. The number of aromatic nitrogens is 4. The van der Waals surface area contributed by atoms with E-state index in [0.29, 0.717) is 22.3 Å². The van der Waals surface area contributed by atoms with Gasteiger partial charge < -0.3 is 5.32 Å². The molecule has 23 heavy (non-hydrogen) atoms. The first-order valence-electron chi connectivity index (χ1n) is 7.42. The largest absolute Gasteiger partial charge is 0.325 e. The molecule has 1 atom stereocenters. The van der Waals surface area contributed by atoms with Crippen LogP contribution in [0, 0.1) is 0 Å². The number of carbonyl (C=O) groups is 1. The zero-order chi connectivity index (χ0) is 15.8. The number of carbonyl (C=O) groups excluding carboxylic acids is 1. The second-order valence-electron chi connectivity index (χ2n) is 5.65. The Morgan fingerprint density at radius 2 is 2.30 bits per heavy atom. The monoisotopic (exact) mass is 350 g/mol. The third-order valence-corrected chi connectivity index (χ3v) is 5.17. The number of halogens is 1. The van der Waals surface area contributed by atoms with Crippen LogP contribution in [0.4, 0.5) is 5.69 Å².